The molecular formula is C27H24O8. The van der Waals surface area contributed by atoms with Gasteiger partial charge in [-0.1, -0.05) is 12.1 Å². The lowest BCUT2D eigenvalue weighted by atomic mass is 10.1. The van der Waals surface area contributed by atoms with E-state index >= 15 is 0 Å². The van der Waals surface area contributed by atoms with Gasteiger partial charge >= 0.3 is 5.97 Å². The lowest BCUT2D eigenvalue weighted by Gasteiger charge is -2.14. The predicted molar refractivity (Wildman–Crippen MR) is 128 cm³/mol. The van der Waals surface area contributed by atoms with Crippen LogP contribution in [0.25, 0.3) is 6.08 Å². The first-order valence-corrected chi connectivity index (χ1v) is 10.7. The fourth-order valence-electron chi connectivity index (χ4n) is 3.66. The maximum absolute atomic E-state index is 12.9. The molecule has 4 rings (SSSR count). The Morgan fingerprint density at radius 3 is 2.29 bits per heavy atom. The molecule has 0 atom stereocenters. The van der Waals surface area contributed by atoms with E-state index < -0.39 is 5.97 Å². The number of hydrogen-bond acceptors (Lipinski definition) is 8. The summed E-state index contributed by atoms with van der Waals surface area (Å²) in [6.07, 6.45) is 1.60. The molecule has 0 saturated carbocycles. The van der Waals surface area contributed by atoms with Crippen LogP contribution in [-0.2, 0) is 11.3 Å². The van der Waals surface area contributed by atoms with Gasteiger partial charge in [0.1, 0.15) is 18.1 Å². The van der Waals surface area contributed by atoms with E-state index in [4.69, 9.17) is 28.4 Å². The van der Waals surface area contributed by atoms with E-state index in [1.807, 2.05) is 0 Å². The van der Waals surface area contributed by atoms with Gasteiger partial charge in [-0.05, 0) is 48.0 Å². The molecule has 0 aliphatic carbocycles. The summed E-state index contributed by atoms with van der Waals surface area (Å²) in [5, 5.41) is 0. The molecule has 35 heavy (non-hydrogen) atoms. The number of methoxy groups -OCH3 is 4. The van der Waals surface area contributed by atoms with Crippen LogP contribution in [0.1, 0.15) is 31.8 Å². The van der Waals surface area contributed by atoms with Crippen molar-refractivity contribution in [2.75, 3.05) is 28.4 Å². The van der Waals surface area contributed by atoms with Gasteiger partial charge in [-0.2, -0.15) is 0 Å². The molecule has 0 N–H and O–H groups in total. The third kappa shape index (κ3) is 4.77. The molecule has 0 amide bonds. The Bertz CT molecular complexity index is 1290. The summed E-state index contributed by atoms with van der Waals surface area (Å²) in [6, 6.07) is 15.5. The molecule has 0 aromatic heterocycles. The highest BCUT2D eigenvalue weighted by atomic mass is 16.5. The van der Waals surface area contributed by atoms with Gasteiger partial charge in [-0.3, -0.25) is 4.79 Å². The molecule has 1 heterocycles. The van der Waals surface area contributed by atoms with E-state index in [0.717, 1.165) is 5.56 Å². The van der Waals surface area contributed by atoms with Crippen LogP contribution in [0.4, 0.5) is 0 Å². The van der Waals surface area contributed by atoms with Gasteiger partial charge in [0.2, 0.25) is 11.5 Å². The highest BCUT2D eigenvalue weighted by Gasteiger charge is 2.28. The maximum Gasteiger partial charge on any atom is 0.337 e. The summed E-state index contributed by atoms with van der Waals surface area (Å²) in [5.41, 5.74) is 2.38. The van der Waals surface area contributed by atoms with Gasteiger partial charge in [-0.25, -0.2) is 4.79 Å². The maximum atomic E-state index is 12.9. The lowest BCUT2D eigenvalue weighted by Crippen LogP contribution is -2.02. The minimum absolute atomic E-state index is 0.154. The number of ketones is 1. The number of allylic oxidation sites excluding steroid dienone is 1. The standard InChI is InChI=1S/C27H24O8/c1-30-21-12-9-18(25(31-2)26(21)32-3)13-23-24(28)20-11-10-19(14-22(20)35-23)34-15-16-5-7-17(8-6-16)27(29)33-4/h5-14H,15H2,1-4H3/b23-13-. The molecule has 0 fully saturated rings. The van der Waals surface area contributed by atoms with Gasteiger partial charge in [0, 0.05) is 11.6 Å². The van der Waals surface area contributed by atoms with Gasteiger partial charge in [-0.15, -0.1) is 0 Å². The lowest BCUT2D eigenvalue weighted by molar-refractivity contribution is 0.0600. The van der Waals surface area contributed by atoms with Crippen molar-refractivity contribution in [1.82, 2.24) is 0 Å². The molecule has 0 spiro atoms. The van der Waals surface area contributed by atoms with E-state index in [2.05, 4.69) is 0 Å². The van der Waals surface area contributed by atoms with Crippen LogP contribution in [0.2, 0.25) is 0 Å². The van der Waals surface area contributed by atoms with Crippen molar-refractivity contribution >= 4 is 17.8 Å². The molecule has 8 nitrogen and oxygen atoms in total. The van der Waals surface area contributed by atoms with Crippen LogP contribution in [0.5, 0.6) is 28.7 Å². The Labute approximate surface area is 202 Å². The van der Waals surface area contributed by atoms with Crippen LogP contribution >= 0.6 is 0 Å². The van der Waals surface area contributed by atoms with Gasteiger partial charge in [0.15, 0.2) is 17.3 Å². The molecule has 0 saturated heterocycles. The van der Waals surface area contributed by atoms with Gasteiger partial charge in [0.05, 0.1) is 39.6 Å². The first-order valence-electron chi connectivity index (χ1n) is 10.7. The zero-order valence-electron chi connectivity index (χ0n) is 19.7. The molecule has 0 unspecified atom stereocenters. The Balaban J connectivity index is 1.51. The third-order valence-corrected chi connectivity index (χ3v) is 5.44. The van der Waals surface area contributed by atoms with E-state index in [1.54, 1.807) is 60.7 Å². The van der Waals surface area contributed by atoms with Crippen molar-refractivity contribution in [1.29, 1.82) is 0 Å². The first-order chi connectivity index (χ1) is 17.0. The van der Waals surface area contributed by atoms with E-state index in [0.29, 0.717) is 45.4 Å². The number of ether oxygens (including phenoxy) is 6. The van der Waals surface area contributed by atoms with Crippen LogP contribution in [0.15, 0.2) is 60.4 Å². The highest BCUT2D eigenvalue weighted by molar-refractivity contribution is 6.14. The molecular weight excluding hydrogens is 452 g/mol. The summed E-state index contributed by atoms with van der Waals surface area (Å²) < 4.78 is 32.6. The number of carbonyl (C=O) groups is 2. The fourth-order valence-corrected chi connectivity index (χ4v) is 3.66. The van der Waals surface area contributed by atoms with Crippen molar-refractivity contribution in [2.45, 2.75) is 6.61 Å². The van der Waals surface area contributed by atoms with Crippen molar-refractivity contribution in [3.8, 4) is 28.7 Å². The zero-order valence-corrected chi connectivity index (χ0v) is 19.7. The van der Waals surface area contributed by atoms with E-state index in [1.165, 1.54) is 28.4 Å². The molecule has 0 bridgehead atoms. The third-order valence-electron chi connectivity index (χ3n) is 5.44. The van der Waals surface area contributed by atoms with E-state index in [9.17, 15) is 9.59 Å². The summed E-state index contributed by atoms with van der Waals surface area (Å²) in [4.78, 5) is 24.5. The quantitative estimate of drug-likeness (QED) is 0.342. The molecule has 180 valence electrons. The minimum atomic E-state index is -0.396. The molecule has 3 aromatic rings. The number of esters is 1. The van der Waals surface area contributed by atoms with Gasteiger partial charge in [0.25, 0.3) is 0 Å². The highest BCUT2D eigenvalue weighted by Crippen LogP contribution is 2.42. The van der Waals surface area contributed by atoms with Crippen molar-refractivity contribution in [2.24, 2.45) is 0 Å². The average Bonchev–Trinajstić information content (AvgIpc) is 3.20. The monoisotopic (exact) mass is 476 g/mol. The Kier molecular flexibility index (Phi) is 6.91. The summed E-state index contributed by atoms with van der Waals surface area (Å²) >= 11 is 0. The minimum Gasteiger partial charge on any atom is -0.493 e. The topological polar surface area (TPSA) is 89.5 Å². The predicted octanol–water partition coefficient (Wildman–Crippen LogP) is 4.69. The Morgan fingerprint density at radius 2 is 1.63 bits per heavy atom. The molecule has 1 aliphatic heterocycles. The number of hydrogen-bond donors (Lipinski definition) is 0. The average molecular weight is 476 g/mol. The number of benzene rings is 3. The molecule has 1 aliphatic rings. The van der Waals surface area contributed by atoms with Crippen molar-refractivity contribution in [3.63, 3.8) is 0 Å². The van der Waals surface area contributed by atoms with Crippen molar-refractivity contribution < 1.29 is 38.0 Å². The van der Waals surface area contributed by atoms with Crippen LogP contribution < -0.4 is 23.7 Å². The number of Topliss-reactive ketones (excluding diaryl/α,β-unsaturated/α-hetero) is 1. The van der Waals surface area contributed by atoms with Crippen LogP contribution in [0, 0.1) is 0 Å². The van der Waals surface area contributed by atoms with Crippen LogP contribution in [0.3, 0.4) is 0 Å². The summed E-state index contributed by atoms with van der Waals surface area (Å²) in [6.45, 7) is 0.278. The number of rotatable bonds is 8. The SMILES string of the molecule is COC(=O)c1ccc(COc2ccc3c(c2)O/C(=C\c2ccc(OC)c(OC)c2OC)C3=O)cc1. The fraction of sp³-hybridized carbons (Fsp3) is 0.185. The summed E-state index contributed by atoms with van der Waals surface area (Å²) in [7, 11) is 5.90. The smallest absolute Gasteiger partial charge is 0.337 e. The second-order valence-electron chi connectivity index (χ2n) is 7.50. The first kappa shape index (κ1) is 23.7. The Hall–Kier alpha value is -4.46. The summed E-state index contributed by atoms with van der Waals surface area (Å²) in [5.74, 6) is 1.81. The van der Waals surface area contributed by atoms with Gasteiger partial charge < -0.3 is 28.4 Å². The largest absolute Gasteiger partial charge is 0.493 e. The van der Waals surface area contributed by atoms with Crippen molar-refractivity contribution in [3.05, 3.63) is 82.6 Å². The second kappa shape index (κ2) is 10.2. The number of fused-ring (bicyclic) bond motifs is 1. The van der Waals surface area contributed by atoms with E-state index in [-0.39, 0.29) is 18.1 Å². The molecule has 8 heteroatoms. The normalized spacial score (nSPS) is 13.1. The second-order valence-corrected chi connectivity index (χ2v) is 7.50. The molecule has 3 aromatic carbocycles. The Morgan fingerprint density at radius 1 is 0.886 bits per heavy atom. The molecule has 0 radical (unpaired) electrons. The van der Waals surface area contributed by atoms with Crippen LogP contribution in [-0.4, -0.2) is 40.2 Å². The number of carbonyl (C=O) groups excluding carboxylic acids is 2. The zero-order chi connectivity index (χ0) is 24.9.